The molecule has 4 aliphatic rings. The Morgan fingerprint density at radius 2 is 1.64 bits per heavy atom. The first-order valence-corrected chi connectivity index (χ1v) is 16.9. The van der Waals surface area contributed by atoms with E-state index in [1.54, 1.807) is 16.8 Å². The van der Waals surface area contributed by atoms with Crippen LogP contribution in [-0.4, -0.2) is 117 Å². The fraction of sp³-hybridized carbons (Fsp3) is 0.500. The van der Waals surface area contributed by atoms with E-state index in [4.69, 9.17) is 33.3 Å². The number of H-pyrrole nitrogens is 1. The Morgan fingerprint density at radius 3 is 2.43 bits per heavy atom. The zero-order valence-corrected chi connectivity index (χ0v) is 25.4. The van der Waals surface area contributed by atoms with Crippen LogP contribution in [0.4, 0.5) is 17.5 Å². The highest BCUT2D eigenvalue weighted by atomic mass is 31.2. The largest absolute Gasteiger partial charge is 0.472 e. The van der Waals surface area contributed by atoms with Crippen LogP contribution in [0.5, 0.6) is 0 Å². The van der Waals surface area contributed by atoms with Crippen LogP contribution in [0.2, 0.25) is 0 Å². The zero-order valence-electron chi connectivity index (χ0n) is 23.6. The number of aliphatic hydroxyl groups excluding tert-OH is 2. The van der Waals surface area contributed by atoms with E-state index in [1.807, 2.05) is 0 Å². The van der Waals surface area contributed by atoms with Gasteiger partial charge in [0.1, 0.15) is 48.6 Å². The maximum Gasteiger partial charge on any atom is 0.472 e. The molecule has 4 aliphatic heterocycles. The molecule has 4 aromatic rings. The number of rotatable bonds is 2. The summed E-state index contributed by atoms with van der Waals surface area (Å²) in [5.74, 6) is 0.0725. The van der Waals surface area contributed by atoms with Crippen molar-refractivity contribution in [2.24, 2.45) is 0 Å². The first-order valence-electron chi connectivity index (χ1n) is 13.9. The van der Waals surface area contributed by atoms with Gasteiger partial charge in [-0.1, -0.05) is 0 Å². The fourth-order valence-electron chi connectivity index (χ4n) is 5.97. The van der Waals surface area contributed by atoms with E-state index in [1.165, 1.54) is 11.2 Å². The van der Waals surface area contributed by atoms with E-state index in [0.717, 1.165) is 10.9 Å². The Morgan fingerprint density at radius 1 is 0.915 bits per heavy atom. The average molecular weight is 700 g/mol. The minimum absolute atomic E-state index is 0.0844. The van der Waals surface area contributed by atoms with Crippen molar-refractivity contribution in [2.75, 3.05) is 35.8 Å². The molecule has 3 saturated heterocycles. The molecular formula is C22H26N10O13P2. The molecule has 3 fully saturated rings. The van der Waals surface area contributed by atoms with Crippen LogP contribution in [0, 0.1) is 0 Å². The number of anilines is 3. The molecule has 0 amide bonds. The van der Waals surface area contributed by atoms with Gasteiger partial charge in [-0.05, 0) is 0 Å². The quantitative estimate of drug-likeness (QED) is 0.111. The average Bonchev–Trinajstić information content (AvgIpc) is 3.83. The smallest absolute Gasteiger partial charge is 0.387 e. The minimum atomic E-state index is -5.10. The number of ether oxygens (including phenoxy) is 2. The lowest BCUT2D eigenvalue weighted by molar-refractivity contribution is -0.0635. The molecule has 4 aromatic heterocycles. The van der Waals surface area contributed by atoms with Crippen LogP contribution in [0.15, 0.2) is 29.8 Å². The van der Waals surface area contributed by atoms with E-state index in [0.29, 0.717) is 17.2 Å². The summed E-state index contributed by atoms with van der Waals surface area (Å²) < 4.78 is 62.1. The van der Waals surface area contributed by atoms with Crippen molar-refractivity contribution in [1.29, 1.82) is 0 Å². The number of aromatic nitrogens is 7. The molecule has 0 saturated carbocycles. The van der Waals surface area contributed by atoms with Crippen LogP contribution < -0.4 is 21.5 Å². The van der Waals surface area contributed by atoms with Crippen molar-refractivity contribution in [2.45, 2.75) is 49.1 Å². The molecule has 0 aliphatic carbocycles. The Labute approximate surface area is 261 Å². The van der Waals surface area contributed by atoms with Crippen LogP contribution in [0.1, 0.15) is 6.23 Å². The summed E-state index contributed by atoms with van der Waals surface area (Å²) in [5.41, 5.74) is 5.78. The highest BCUT2D eigenvalue weighted by Gasteiger charge is 2.55. The maximum atomic E-state index is 13.3. The van der Waals surface area contributed by atoms with Gasteiger partial charge in [-0.15, -0.1) is 0 Å². The van der Waals surface area contributed by atoms with Crippen LogP contribution in [0.25, 0.3) is 16.8 Å². The first-order chi connectivity index (χ1) is 22.4. The predicted molar refractivity (Wildman–Crippen MR) is 152 cm³/mol. The van der Waals surface area contributed by atoms with Gasteiger partial charge >= 0.3 is 15.6 Å². The number of fused-ring (bicyclic) bond motifs is 7. The number of nitrogens with zero attached hydrogens (tertiary/aromatic N) is 7. The van der Waals surface area contributed by atoms with Gasteiger partial charge in [-0.25, -0.2) is 24.1 Å². The molecule has 0 radical (unpaired) electrons. The van der Waals surface area contributed by atoms with Crippen molar-refractivity contribution in [3.8, 4) is 0 Å². The van der Waals surface area contributed by atoms with Crippen LogP contribution in [-0.2, 0) is 36.7 Å². The normalized spacial score (nSPS) is 37.7. The summed E-state index contributed by atoms with van der Waals surface area (Å²) in [7, 11) is -10.1. The third-order valence-electron chi connectivity index (χ3n) is 8.09. The molecule has 252 valence electrons. The van der Waals surface area contributed by atoms with Gasteiger partial charge in [0.2, 0.25) is 5.95 Å². The molecule has 0 aromatic carbocycles. The number of imidazole rings is 2. The van der Waals surface area contributed by atoms with Gasteiger partial charge in [-0.2, -0.15) is 4.98 Å². The summed E-state index contributed by atoms with van der Waals surface area (Å²) in [6.07, 6.45) is -6.47. The number of nitrogens with one attached hydrogen (secondary N) is 2. The molecule has 23 nitrogen and oxygen atoms in total. The number of aromatic amines is 1. The van der Waals surface area contributed by atoms with Crippen molar-refractivity contribution >= 4 is 49.9 Å². The molecular weight excluding hydrogens is 674 g/mol. The number of nitrogen functional groups attached to an aromatic ring is 1. The van der Waals surface area contributed by atoms with Gasteiger partial charge in [0, 0.05) is 12.4 Å². The van der Waals surface area contributed by atoms with Crippen molar-refractivity contribution in [3.63, 3.8) is 0 Å². The summed E-state index contributed by atoms with van der Waals surface area (Å²) in [4.78, 5) is 54.2. The third-order valence-corrected chi connectivity index (χ3v) is 10.1. The van der Waals surface area contributed by atoms with Gasteiger partial charge in [0.05, 0.1) is 26.2 Å². The standard InChI is InChI=1S/C22H26N10O13P2/c23-22-28-18-11(19(35)29-22)26-7-32(18)21-15-12(33)8(42-21)3-40-46(36,37)44-14-9(4-41-47(38,39)45-15)43-20(13(14)34)31-6-25-10-16-24-1-2-30(16)5-27-17(10)31/h1-2,5,7-9,12-15,20-21,25,33-34H,3-4,6H2,(H,36,37)(H,38,39)(H3,23,28,29,35). The predicted octanol–water partition coefficient (Wildman–Crippen LogP) is -2.00. The summed E-state index contributed by atoms with van der Waals surface area (Å²) in [6.45, 7) is -1.51. The van der Waals surface area contributed by atoms with Crippen LogP contribution in [0.3, 0.4) is 0 Å². The van der Waals surface area contributed by atoms with E-state index in [2.05, 4.69) is 30.2 Å². The lowest BCUT2D eigenvalue weighted by Crippen LogP contribution is -2.45. The fourth-order valence-corrected chi connectivity index (χ4v) is 7.87. The Balaban J connectivity index is 1.09. The highest BCUT2D eigenvalue weighted by molar-refractivity contribution is 7.47. The number of phosphoric acid groups is 2. The minimum Gasteiger partial charge on any atom is -0.387 e. The lowest BCUT2D eigenvalue weighted by Gasteiger charge is -2.27. The Hall–Kier alpha value is -3.57. The van der Waals surface area contributed by atoms with Crippen LogP contribution >= 0.6 is 15.6 Å². The van der Waals surface area contributed by atoms with Crippen molar-refractivity contribution in [3.05, 3.63) is 35.4 Å². The summed E-state index contributed by atoms with van der Waals surface area (Å²) in [5, 5.41) is 25.5. The second-order valence-corrected chi connectivity index (χ2v) is 13.8. The van der Waals surface area contributed by atoms with E-state index in [-0.39, 0.29) is 23.8 Å². The van der Waals surface area contributed by atoms with Crippen molar-refractivity contribution < 1.29 is 56.7 Å². The molecule has 8 N–H and O–H groups in total. The molecule has 10 atom stereocenters. The zero-order chi connectivity index (χ0) is 32.8. The second-order valence-electron chi connectivity index (χ2n) is 11.0. The number of nitrogens with two attached hydrogens (primary N) is 1. The monoisotopic (exact) mass is 700 g/mol. The van der Waals surface area contributed by atoms with Crippen molar-refractivity contribution in [1.82, 2.24) is 33.9 Å². The van der Waals surface area contributed by atoms with Gasteiger partial charge < -0.3 is 45.4 Å². The number of aliphatic hydroxyl groups is 2. The highest BCUT2D eigenvalue weighted by Crippen LogP contribution is 2.53. The molecule has 2 bridgehead atoms. The topological polar surface area (TPSA) is 305 Å². The Kier molecular flexibility index (Phi) is 7.18. The third kappa shape index (κ3) is 5.21. The molecule has 8 heterocycles. The first kappa shape index (κ1) is 30.7. The van der Waals surface area contributed by atoms with E-state index >= 15 is 0 Å². The Bertz CT molecular complexity index is 2020. The molecule has 47 heavy (non-hydrogen) atoms. The molecule has 8 rings (SSSR count). The lowest BCUT2D eigenvalue weighted by atomic mass is 10.1. The van der Waals surface area contributed by atoms with Gasteiger partial charge in [-0.3, -0.25) is 36.8 Å². The second kappa shape index (κ2) is 11.0. The van der Waals surface area contributed by atoms with E-state index < -0.39 is 83.5 Å². The SMILES string of the molecule is Nc1nc2c(ncn2C2OC3COP(=O)(O)OC4C(COP(=O)(O)OC2C3O)OC(N2CNc3c2ncn2ccnc32)C4O)c(=O)[nH]1. The number of hydrogen-bond donors (Lipinski definition) is 7. The maximum absolute atomic E-state index is 13.3. The van der Waals surface area contributed by atoms with E-state index in [9.17, 15) is 33.9 Å². The summed E-state index contributed by atoms with van der Waals surface area (Å²) >= 11 is 0. The molecule has 25 heteroatoms. The van der Waals surface area contributed by atoms with Gasteiger partial charge in [0.25, 0.3) is 5.56 Å². The number of hydrogen-bond acceptors (Lipinski definition) is 18. The number of phosphoric ester groups is 2. The summed E-state index contributed by atoms with van der Waals surface area (Å²) in [6, 6.07) is 0. The molecule has 0 spiro atoms. The van der Waals surface area contributed by atoms with Gasteiger partial charge in [0.15, 0.2) is 35.1 Å². The molecule has 10 unspecified atom stereocenters.